The first-order valence-electron chi connectivity index (χ1n) is 3.99. The highest BCUT2D eigenvalue weighted by Gasteiger charge is 1.96. The number of carbonyl (C=O) groups excluding carboxylic acids is 1. The number of esters is 1. The molecule has 0 aliphatic carbocycles. The number of rotatable bonds is 3. The van der Waals surface area contributed by atoms with Crippen LogP contribution < -0.4 is 0 Å². The highest BCUT2D eigenvalue weighted by atomic mass is 32.1. The van der Waals surface area contributed by atoms with Crippen molar-refractivity contribution in [3.8, 4) is 0 Å². The molecule has 70 valence electrons. The summed E-state index contributed by atoms with van der Waals surface area (Å²) in [4.78, 5) is 15.1. The summed E-state index contributed by atoms with van der Waals surface area (Å²) in [6.45, 7) is 4.10. The molecule has 0 saturated heterocycles. The fourth-order valence-electron chi connectivity index (χ4n) is 0.801. The standard InChI is InChI=1S/C9H11NO2S/c1-3-12-9(11)5-4-8-6-13-7(2)10-8/h4-6H,3H2,1-2H3. The molecule has 0 bridgehead atoms. The van der Waals surface area contributed by atoms with Gasteiger partial charge in [0.25, 0.3) is 0 Å². The molecule has 0 spiro atoms. The van der Waals surface area contributed by atoms with Gasteiger partial charge in [0.2, 0.25) is 0 Å². The van der Waals surface area contributed by atoms with Crippen LogP contribution in [0.25, 0.3) is 6.08 Å². The van der Waals surface area contributed by atoms with Gasteiger partial charge in [-0.1, -0.05) is 0 Å². The van der Waals surface area contributed by atoms with E-state index in [0.717, 1.165) is 10.7 Å². The summed E-state index contributed by atoms with van der Waals surface area (Å²) < 4.78 is 4.72. The molecule has 0 atom stereocenters. The maximum Gasteiger partial charge on any atom is 0.330 e. The van der Waals surface area contributed by atoms with Crippen molar-refractivity contribution in [2.75, 3.05) is 6.61 Å². The highest BCUT2D eigenvalue weighted by molar-refractivity contribution is 7.09. The molecule has 0 aliphatic rings. The summed E-state index contributed by atoms with van der Waals surface area (Å²) in [7, 11) is 0. The summed E-state index contributed by atoms with van der Waals surface area (Å²) in [5.41, 5.74) is 0.801. The van der Waals surface area contributed by atoms with E-state index in [2.05, 4.69) is 4.98 Å². The van der Waals surface area contributed by atoms with Gasteiger partial charge in [-0.2, -0.15) is 0 Å². The summed E-state index contributed by atoms with van der Waals surface area (Å²) in [6.07, 6.45) is 3.04. The maximum atomic E-state index is 10.9. The average Bonchev–Trinajstić information content (AvgIpc) is 2.49. The highest BCUT2D eigenvalue weighted by Crippen LogP contribution is 2.08. The van der Waals surface area contributed by atoms with Gasteiger partial charge < -0.3 is 4.74 Å². The molecule has 0 radical (unpaired) electrons. The third-order valence-corrected chi connectivity index (χ3v) is 2.11. The van der Waals surface area contributed by atoms with Gasteiger partial charge in [0.1, 0.15) is 0 Å². The zero-order chi connectivity index (χ0) is 9.68. The number of thiazole rings is 1. The number of aryl methyl sites for hydroxylation is 1. The van der Waals surface area contributed by atoms with E-state index in [0.29, 0.717) is 6.61 Å². The second-order valence-electron chi connectivity index (χ2n) is 2.38. The first kappa shape index (κ1) is 9.92. The van der Waals surface area contributed by atoms with Crippen LogP contribution in [0, 0.1) is 6.92 Å². The fourth-order valence-corrected chi connectivity index (χ4v) is 1.38. The van der Waals surface area contributed by atoms with E-state index in [1.54, 1.807) is 24.3 Å². The van der Waals surface area contributed by atoms with Crippen LogP contribution in [0.1, 0.15) is 17.6 Å². The Kier molecular flexibility index (Phi) is 3.64. The average molecular weight is 197 g/mol. The zero-order valence-corrected chi connectivity index (χ0v) is 8.43. The zero-order valence-electron chi connectivity index (χ0n) is 7.61. The van der Waals surface area contributed by atoms with Gasteiger partial charge in [-0.3, -0.25) is 0 Å². The summed E-state index contributed by atoms with van der Waals surface area (Å²) in [5.74, 6) is -0.326. The summed E-state index contributed by atoms with van der Waals surface area (Å²) in [5, 5.41) is 2.88. The smallest absolute Gasteiger partial charge is 0.330 e. The van der Waals surface area contributed by atoms with Crippen molar-refractivity contribution in [3.63, 3.8) is 0 Å². The van der Waals surface area contributed by atoms with E-state index in [-0.39, 0.29) is 5.97 Å². The van der Waals surface area contributed by atoms with Gasteiger partial charge in [-0.05, 0) is 19.9 Å². The van der Waals surface area contributed by atoms with Gasteiger partial charge in [0.05, 0.1) is 17.3 Å². The molecular weight excluding hydrogens is 186 g/mol. The Morgan fingerprint density at radius 2 is 2.54 bits per heavy atom. The Labute approximate surface area is 81.1 Å². The van der Waals surface area contributed by atoms with E-state index < -0.39 is 0 Å². The van der Waals surface area contributed by atoms with E-state index in [1.807, 2.05) is 12.3 Å². The molecule has 13 heavy (non-hydrogen) atoms. The van der Waals surface area contributed by atoms with Crippen LogP contribution in [0.15, 0.2) is 11.5 Å². The van der Waals surface area contributed by atoms with Crippen LogP contribution in [-0.4, -0.2) is 17.6 Å². The van der Waals surface area contributed by atoms with Crippen molar-refractivity contribution in [3.05, 3.63) is 22.2 Å². The minimum absolute atomic E-state index is 0.326. The monoisotopic (exact) mass is 197 g/mol. The molecule has 0 unspecified atom stereocenters. The van der Waals surface area contributed by atoms with Gasteiger partial charge in [-0.15, -0.1) is 11.3 Å². The van der Waals surface area contributed by atoms with E-state index in [9.17, 15) is 4.79 Å². The van der Waals surface area contributed by atoms with Crippen LogP contribution in [-0.2, 0) is 9.53 Å². The fraction of sp³-hybridized carbons (Fsp3) is 0.333. The molecule has 1 heterocycles. The second kappa shape index (κ2) is 4.77. The van der Waals surface area contributed by atoms with E-state index in [4.69, 9.17) is 4.74 Å². The molecule has 0 N–H and O–H groups in total. The van der Waals surface area contributed by atoms with Gasteiger partial charge >= 0.3 is 5.97 Å². The largest absolute Gasteiger partial charge is 0.463 e. The number of hydrogen-bond donors (Lipinski definition) is 0. The molecule has 4 heteroatoms. The van der Waals surface area contributed by atoms with Crippen molar-refractivity contribution in [2.24, 2.45) is 0 Å². The van der Waals surface area contributed by atoms with Crippen LogP contribution in [0.3, 0.4) is 0 Å². The van der Waals surface area contributed by atoms with Crippen molar-refractivity contribution in [1.82, 2.24) is 4.98 Å². The Balaban J connectivity index is 2.53. The Morgan fingerprint density at radius 1 is 1.77 bits per heavy atom. The van der Waals surface area contributed by atoms with Crippen molar-refractivity contribution in [2.45, 2.75) is 13.8 Å². The van der Waals surface area contributed by atoms with Crippen molar-refractivity contribution in [1.29, 1.82) is 0 Å². The molecule has 0 saturated carbocycles. The molecule has 1 aromatic heterocycles. The Hall–Kier alpha value is -1.16. The third kappa shape index (κ3) is 3.38. The van der Waals surface area contributed by atoms with Crippen LogP contribution in [0.4, 0.5) is 0 Å². The molecule has 3 nitrogen and oxygen atoms in total. The lowest BCUT2D eigenvalue weighted by atomic mass is 10.4. The molecule has 1 rings (SSSR count). The maximum absolute atomic E-state index is 10.9. The third-order valence-electron chi connectivity index (χ3n) is 1.31. The quantitative estimate of drug-likeness (QED) is 0.549. The predicted molar refractivity (Wildman–Crippen MR) is 52.5 cm³/mol. The van der Waals surface area contributed by atoms with E-state index >= 15 is 0 Å². The van der Waals surface area contributed by atoms with Crippen molar-refractivity contribution < 1.29 is 9.53 Å². The lowest BCUT2D eigenvalue weighted by Crippen LogP contribution is -1.98. The normalized spacial score (nSPS) is 10.6. The minimum Gasteiger partial charge on any atom is -0.463 e. The molecule has 0 amide bonds. The number of carbonyl (C=O) groups is 1. The first-order valence-corrected chi connectivity index (χ1v) is 4.87. The van der Waals surface area contributed by atoms with E-state index in [1.165, 1.54) is 6.08 Å². The van der Waals surface area contributed by atoms with Crippen LogP contribution >= 0.6 is 11.3 Å². The number of aromatic nitrogens is 1. The number of nitrogens with zero attached hydrogens (tertiary/aromatic N) is 1. The number of hydrogen-bond acceptors (Lipinski definition) is 4. The van der Waals surface area contributed by atoms with Gasteiger partial charge in [0.15, 0.2) is 0 Å². The predicted octanol–water partition coefficient (Wildman–Crippen LogP) is 2.03. The van der Waals surface area contributed by atoms with Crippen LogP contribution in [0.5, 0.6) is 0 Å². The van der Waals surface area contributed by atoms with Crippen LogP contribution in [0.2, 0.25) is 0 Å². The SMILES string of the molecule is CCOC(=O)C=Cc1csc(C)n1. The molecule has 0 aromatic carbocycles. The summed E-state index contributed by atoms with van der Waals surface area (Å²) >= 11 is 1.55. The van der Waals surface area contributed by atoms with Gasteiger partial charge in [0, 0.05) is 11.5 Å². The van der Waals surface area contributed by atoms with Gasteiger partial charge in [-0.25, -0.2) is 9.78 Å². The number of ether oxygens (including phenoxy) is 1. The Morgan fingerprint density at radius 3 is 3.08 bits per heavy atom. The second-order valence-corrected chi connectivity index (χ2v) is 3.44. The molecule has 0 fully saturated rings. The summed E-state index contributed by atoms with van der Waals surface area (Å²) in [6, 6.07) is 0. The lowest BCUT2D eigenvalue weighted by Gasteiger charge is -1.92. The first-order chi connectivity index (χ1) is 6.22. The molecule has 1 aromatic rings. The lowest BCUT2D eigenvalue weighted by molar-refractivity contribution is -0.137. The van der Waals surface area contributed by atoms with Crippen molar-refractivity contribution >= 4 is 23.4 Å². The minimum atomic E-state index is -0.326. The molecule has 0 aliphatic heterocycles. The molecular formula is C9H11NO2S. The topological polar surface area (TPSA) is 39.2 Å². The Bertz CT molecular complexity index is 317.